The minimum atomic E-state index is -4.94. The van der Waals surface area contributed by atoms with E-state index in [4.69, 9.17) is 23.4 Å². The van der Waals surface area contributed by atoms with Crippen molar-refractivity contribution >= 4 is 17.0 Å². The lowest BCUT2D eigenvalue weighted by Gasteiger charge is -2.27. The Morgan fingerprint density at radius 1 is 1.38 bits per heavy atom. The summed E-state index contributed by atoms with van der Waals surface area (Å²) in [6.07, 6.45) is 0.776. The van der Waals surface area contributed by atoms with Gasteiger partial charge in [-0.15, -0.1) is 10.2 Å². The van der Waals surface area contributed by atoms with Gasteiger partial charge in [-0.3, -0.25) is 4.79 Å². The molecule has 0 saturated carbocycles. The number of ether oxygens (including phenoxy) is 1. The van der Waals surface area contributed by atoms with E-state index in [1.165, 1.54) is 0 Å². The number of hydrogen-bond donors (Lipinski definition) is 0. The lowest BCUT2D eigenvalue weighted by molar-refractivity contribution is -2.00. The Morgan fingerprint density at radius 2 is 1.96 bits per heavy atom. The zero-order chi connectivity index (χ0) is 19.7. The minimum Gasteiger partial charge on any atom is -0.465 e. The van der Waals surface area contributed by atoms with Gasteiger partial charge in [0.15, 0.2) is 17.0 Å². The summed E-state index contributed by atoms with van der Waals surface area (Å²) in [7, 11) is -3.07. The molecule has 26 heavy (non-hydrogen) atoms. The highest BCUT2D eigenvalue weighted by Gasteiger charge is 2.48. The number of fused-ring (bicyclic) bond motifs is 3. The van der Waals surface area contributed by atoms with Crippen LogP contribution in [0.5, 0.6) is 0 Å². The number of alkyl halides is 1. The molecule has 0 spiro atoms. The second-order valence-electron chi connectivity index (χ2n) is 6.11. The number of benzene rings is 1. The fourth-order valence-electron chi connectivity index (χ4n) is 3.33. The minimum absolute atomic E-state index is 0.271. The van der Waals surface area contributed by atoms with Gasteiger partial charge in [0.2, 0.25) is 5.79 Å². The quantitative estimate of drug-likeness (QED) is 0.422. The van der Waals surface area contributed by atoms with Crippen molar-refractivity contribution in [1.29, 1.82) is 0 Å². The Kier molecular flexibility index (Phi) is 5.89. The van der Waals surface area contributed by atoms with Gasteiger partial charge in [0, 0.05) is 13.3 Å². The van der Waals surface area contributed by atoms with Crippen molar-refractivity contribution in [3.63, 3.8) is 0 Å². The Labute approximate surface area is 151 Å². The van der Waals surface area contributed by atoms with Crippen LogP contribution in [0.3, 0.4) is 0 Å². The van der Waals surface area contributed by atoms with E-state index in [-0.39, 0.29) is 5.97 Å². The van der Waals surface area contributed by atoms with E-state index in [0.29, 0.717) is 25.3 Å². The fraction of sp³-hybridized carbons (Fsp3) is 0.500. The van der Waals surface area contributed by atoms with Crippen LogP contribution in [0, 0.1) is 10.2 Å². The van der Waals surface area contributed by atoms with E-state index in [1.54, 1.807) is 18.4 Å². The normalized spacial score (nSPS) is 22.4. The molecule has 2 unspecified atom stereocenters. The molecule has 144 valence electrons. The first-order valence-corrected chi connectivity index (χ1v) is 9.18. The monoisotopic (exact) mass is 390 g/mol. The van der Waals surface area contributed by atoms with Gasteiger partial charge < -0.3 is 4.74 Å². The van der Waals surface area contributed by atoms with Gasteiger partial charge in [0.05, 0.1) is 13.7 Å². The molecular formula is C16H20ClFN2O6. The number of hydrogen-bond acceptors (Lipinski definition) is 6. The number of para-hydroxylation sites is 2. The molecule has 8 nitrogen and oxygen atoms in total. The van der Waals surface area contributed by atoms with Crippen molar-refractivity contribution in [2.45, 2.75) is 38.4 Å². The summed E-state index contributed by atoms with van der Waals surface area (Å²) in [5.74, 6) is -1.48. The summed E-state index contributed by atoms with van der Waals surface area (Å²) in [5, 5.41) is 0. The maximum atomic E-state index is 15.0. The number of imidazole rings is 1. The van der Waals surface area contributed by atoms with Gasteiger partial charge in [0.1, 0.15) is 0 Å². The average Bonchev–Trinajstić information content (AvgIpc) is 2.81. The molecule has 1 aromatic carbocycles. The third-order valence-corrected chi connectivity index (χ3v) is 4.30. The Hall–Kier alpha value is -1.78. The third-order valence-electron chi connectivity index (χ3n) is 4.30. The number of carbonyl (C=O) groups excluding carboxylic acids is 1. The van der Waals surface area contributed by atoms with E-state index in [2.05, 4.69) is 0 Å². The summed E-state index contributed by atoms with van der Waals surface area (Å²) in [6.45, 7) is 3.70. The lowest BCUT2D eigenvalue weighted by atomic mass is 9.93. The molecule has 2 heterocycles. The van der Waals surface area contributed by atoms with E-state index >= 15 is 4.39 Å². The average molecular weight is 391 g/mol. The molecule has 2 atom stereocenters. The summed E-state index contributed by atoms with van der Waals surface area (Å²) in [6, 6.07) is 7.64. The first kappa shape index (κ1) is 20.5. The number of nitrogens with zero attached hydrogens (tertiary/aromatic N) is 2. The topological polar surface area (TPSA) is 127 Å². The molecule has 0 N–H and O–H groups in total. The number of carbonyl (C=O) groups is 1. The second-order valence-corrected chi connectivity index (χ2v) is 6.86. The van der Waals surface area contributed by atoms with Gasteiger partial charge in [-0.1, -0.05) is 12.1 Å². The summed E-state index contributed by atoms with van der Waals surface area (Å²) in [4.78, 5) is 12.2. The van der Waals surface area contributed by atoms with Crippen LogP contribution in [0.25, 0.3) is 11.0 Å². The predicted molar refractivity (Wildman–Crippen MR) is 76.5 cm³/mol. The first-order chi connectivity index (χ1) is 12.0. The zero-order valence-corrected chi connectivity index (χ0v) is 15.4. The molecule has 2 aromatic rings. The SMILES string of the molecule is CCOC(=O)C1CCC(C)(F)n2c1[n+](C)c1ccccc12.[O-][Cl+3]([O-])([O-])[O-]. The third kappa shape index (κ3) is 4.30. The Morgan fingerprint density at radius 3 is 2.54 bits per heavy atom. The van der Waals surface area contributed by atoms with Crippen molar-refractivity contribution in [2.75, 3.05) is 6.61 Å². The van der Waals surface area contributed by atoms with E-state index in [9.17, 15) is 4.79 Å². The van der Waals surface area contributed by atoms with Gasteiger partial charge in [-0.2, -0.15) is 8.96 Å². The number of rotatable bonds is 2. The highest BCUT2D eigenvalue weighted by Crippen LogP contribution is 2.40. The van der Waals surface area contributed by atoms with Gasteiger partial charge in [-0.05, 0) is 25.5 Å². The number of halogens is 2. The molecule has 0 fully saturated rings. The van der Waals surface area contributed by atoms with Crippen molar-refractivity contribution in [3.05, 3.63) is 30.1 Å². The van der Waals surface area contributed by atoms with Crippen LogP contribution in [-0.2, 0) is 22.4 Å². The summed E-state index contributed by atoms with van der Waals surface area (Å²) >= 11 is 0. The number of aromatic nitrogens is 2. The number of aryl methyl sites for hydroxylation is 1. The molecular weight excluding hydrogens is 371 g/mol. The predicted octanol–water partition coefficient (Wildman–Crippen LogP) is -2.21. The summed E-state index contributed by atoms with van der Waals surface area (Å²) in [5.41, 5.74) is 1.74. The fourth-order valence-corrected chi connectivity index (χ4v) is 3.33. The molecule has 3 rings (SSSR count). The van der Waals surface area contributed by atoms with Gasteiger partial charge in [0.25, 0.3) is 5.82 Å². The first-order valence-electron chi connectivity index (χ1n) is 7.94. The molecule has 0 saturated heterocycles. The van der Waals surface area contributed by atoms with E-state index in [0.717, 1.165) is 11.0 Å². The van der Waals surface area contributed by atoms with E-state index in [1.807, 2.05) is 35.9 Å². The van der Waals surface area contributed by atoms with Crippen LogP contribution in [0.1, 0.15) is 38.4 Å². The molecule has 10 heteroatoms. The van der Waals surface area contributed by atoms with E-state index < -0.39 is 22.0 Å². The second kappa shape index (κ2) is 7.45. The highest BCUT2D eigenvalue weighted by molar-refractivity contribution is 5.79. The largest absolute Gasteiger partial charge is 0.465 e. The molecule has 1 aliphatic rings. The van der Waals surface area contributed by atoms with Crippen LogP contribution in [0.2, 0.25) is 0 Å². The van der Waals surface area contributed by atoms with Crippen molar-refractivity contribution < 1.29 is 47.4 Å². The lowest BCUT2D eigenvalue weighted by Crippen LogP contribution is -2.68. The van der Waals surface area contributed by atoms with Crippen molar-refractivity contribution in [1.82, 2.24) is 4.57 Å². The van der Waals surface area contributed by atoms with Crippen molar-refractivity contribution in [2.24, 2.45) is 7.05 Å². The standard InChI is InChI=1S/C16H20FN2O2.ClHO4/c1-4-21-15(20)11-9-10-16(2,17)19-13-8-6-5-7-12(13)18(3)14(11)19;2-1(3,4)5/h5-8,11H,4,9-10H2,1-3H3;(H,2,3,4,5)/q+1;/p-1. The van der Waals surface area contributed by atoms with Crippen LogP contribution >= 0.6 is 0 Å². The summed E-state index contributed by atoms with van der Waals surface area (Å²) < 4.78 is 57.7. The molecule has 0 amide bonds. The molecule has 0 bridgehead atoms. The number of esters is 1. The van der Waals surface area contributed by atoms with Crippen LogP contribution < -0.4 is 23.2 Å². The molecule has 0 radical (unpaired) electrons. The maximum absolute atomic E-state index is 15.0. The molecule has 0 aliphatic carbocycles. The smallest absolute Gasteiger partial charge is 0.321 e. The Balaban J connectivity index is 0.000000431. The maximum Gasteiger partial charge on any atom is 0.321 e. The van der Waals surface area contributed by atoms with Crippen molar-refractivity contribution in [3.8, 4) is 0 Å². The molecule has 1 aromatic heterocycles. The Bertz CT molecular complexity index is 796. The van der Waals surface area contributed by atoms with Crippen LogP contribution in [-0.4, -0.2) is 17.1 Å². The van der Waals surface area contributed by atoms with Crippen LogP contribution in [0.15, 0.2) is 24.3 Å². The molecule has 1 aliphatic heterocycles. The zero-order valence-electron chi connectivity index (χ0n) is 14.6. The van der Waals surface area contributed by atoms with Gasteiger partial charge >= 0.3 is 5.97 Å². The van der Waals surface area contributed by atoms with Gasteiger partial charge in [-0.25, -0.2) is 23.2 Å². The highest BCUT2D eigenvalue weighted by atomic mass is 35.7. The van der Waals surface area contributed by atoms with Crippen LogP contribution in [0.4, 0.5) is 4.39 Å².